The fourth-order valence-corrected chi connectivity index (χ4v) is 3.89. The number of nitrogens with zero attached hydrogens (tertiary/aromatic N) is 2. The van der Waals surface area contributed by atoms with E-state index in [9.17, 15) is 10.1 Å². The maximum Gasteiger partial charge on any atom is 0.261 e. The minimum Gasteiger partial charge on any atom is -0.454 e. The summed E-state index contributed by atoms with van der Waals surface area (Å²) in [6.45, 7) is 4.70. The molecule has 3 aromatic rings. The molecule has 2 aromatic carbocycles. The van der Waals surface area contributed by atoms with Crippen LogP contribution in [0.1, 0.15) is 28.9 Å². The molecule has 0 bridgehead atoms. The number of carbonyl (C=O) groups is 1. The van der Waals surface area contributed by atoms with Gasteiger partial charge in [0.15, 0.2) is 11.5 Å². The second-order valence-corrected chi connectivity index (χ2v) is 7.71. The third kappa shape index (κ3) is 4.52. The van der Waals surface area contributed by atoms with E-state index in [1.54, 1.807) is 6.08 Å². The van der Waals surface area contributed by atoms with E-state index >= 15 is 0 Å². The largest absolute Gasteiger partial charge is 0.454 e. The number of fused-ring (bicyclic) bond motifs is 1. The minimum atomic E-state index is -0.353. The SMILES string of the molecule is Cc1cc(/C=C(/C#N)C(=O)NCCCc2ccccc2)c(C)n1-c1ccc2c(c1)OCO2. The average molecular weight is 428 g/mol. The van der Waals surface area contributed by atoms with E-state index in [0.29, 0.717) is 12.3 Å². The lowest BCUT2D eigenvalue weighted by atomic mass is 10.1. The molecule has 0 atom stereocenters. The fraction of sp³-hybridized carbons (Fsp3) is 0.231. The van der Waals surface area contributed by atoms with Gasteiger partial charge in [-0.2, -0.15) is 5.26 Å². The number of nitrogens with one attached hydrogen (secondary N) is 1. The van der Waals surface area contributed by atoms with E-state index in [0.717, 1.165) is 41.2 Å². The van der Waals surface area contributed by atoms with E-state index in [2.05, 4.69) is 22.0 Å². The van der Waals surface area contributed by atoms with Gasteiger partial charge < -0.3 is 19.4 Å². The summed E-state index contributed by atoms with van der Waals surface area (Å²) in [5.74, 6) is 1.08. The van der Waals surface area contributed by atoms with Crippen molar-refractivity contribution in [2.75, 3.05) is 13.3 Å². The van der Waals surface area contributed by atoms with Crippen LogP contribution in [0.15, 0.2) is 60.2 Å². The van der Waals surface area contributed by atoms with Gasteiger partial charge in [-0.05, 0) is 62.1 Å². The van der Waals surface area contributed by atoms with Gasteiger partial charge in [-0.15, -0.1) is 0 Å². The summed E-state index contributed by atoms with van der Waals surface area (Å²) < 4.78 is 13.0. The lowest BCUT2D eigenvalue weighted by Crippen LogP contribution is -2.25. The summed E-state index contributed by atoms with van der Waals surface area (Å²) in [4.78, 5) is 12.6. The smallest absolute Gasteiger partial charge is 0.261 e. The van der Waals surface area contributed by atoms with E-state index in [-0.39, 0.29) is 18.3 Å². The third-order valence-electron chi connectivity index (χ3n) is 5.52. The first-order valence-electron chi connectivity index (χ1n) is 10.6. The first-order valence-corrected chi connectivity index (χ1v) is 10.6. The number of aryl methyl sites for hydroxylation is 2. The highest BCUT2D eigenvalue weighted by atomic mass is 16.7. The maximum absolute atomic E-state index is 12.6. The Morgan fingerprint density at radius 3 is 2.69 bits per heavy atom. The Labute approximate surface area is 187 Å². The molecule has 0 spiro atoms. The predicted molar refractivity (Wildman–Crippen MR) is 123 cm³/mol. The maximum atomic E-state index is 12.6. The number of hydrogen-bond acceptors (Lipinski definition) is 4. The number of ether oxygens (including phenoxy) is 2. The van der Waals surface area contributed by atoms with E-state index in [1.807, 2.05) is 62.4 Å². The molecule has 1 aliphatic rings. The highest BCUT2D eigenvalue weighted by Gasteiger charge is 2.17. The number of carbonyl (C=O) groups excluding carboxylic acids is 1. The Morgan fingerprint density at radius 2 is 1.91 bits per heavy atom. The lowest BCUT2D eigenvalue weighted by molar-refractivity contribution is -0.117. The molecule has 32 heavy (non-hydrogen) atoms. The molecule has 0 saturated carbocycles. The molecule has 0 aliphatic carbocycles. The molecule has 162 valence electrons. The van der Waals surface area contributed by atoms with Gasteiger partial charge in [0.05, 0.1) is 0 Å². The lowest BCUT2D eigenvalue weighted by Gasteiger charge is -2.10. The second-order valence-electron chi connectivity index (χ2n) is 7.71. The zero-order chi connectivity index (χ0) is 22.5. The standard InChI is InChI=1S/C26H25N3O3/c1-18-13-21(19(2)29(18)23-10-11-24-25(15-23)32-17-31-24)14-22(16-27)26(30)28-12-6-9-20-7-4-3-5-8-20/h3-5,7-8,10-11,13-15H,6,9,12,17H2,1-2H3,(H,28,30)/b22-14-. The second kappa shape index (κ2) is 9.44. The van der Waals surface area contributed by atoms with Crippen molar-refractivity contribution in [3.8, 4) is 23.3 Å². The number of hydrogen-bond donors (Lipinski definition) is 1. The van der Waals surface area contributed by atoms with Gasteiger partial charge in [-0.3, -0.25) is 4.79 Å². The summed E-state index contributed by atoms with van der Waals surface area (Å²) >= 11 is 0. The van der Waals surface area contributed by atoms with Crippen molar-refractivity contribution in [2.24, 2.45) is 0 Å². The van der Waals surface area contributed by atoms with E-state index in [1.165, 1.54) is 5.56 Å². The first-order chi connectivity index (χ1) is 15.6. The first kappa shape index (κ1) is 21.3. The topological polar surface area (TPSA) is 76.3 Å². The monoisotopic (exact) mass is 427 g/mol. The quantitative estimate of drug-likeness (QED) is 0.343. The number of benzene rings is 2. The molecular weight excluding hydrogens is 402 g/mol. The number of nitriles is 1. The molecule has 0 radical (unpaired) electrons. The Morgan fingerprint density at radius 1 is 1.12 bits per heavy atom. The van der Waals surface area contributed by atoms with Crippen LogP contribution in [0.5, 0.6) is 11.5 Å². The Hall–Kier alpha value is -3.98. The summed E-state index contributed by atoms with van der Waals surface area (Å²) in [6, 6.07) is 19.9. The van der Waals surface area contributed by atoms with Crippen molar-refractivity contribution in [1.29, 1.82) is 5.26 Å². The average Bonchev–Trinajstić information content (AvgIpc) is 3.38. The van der Waals surface area contributed by atoms with Crippen molar-refractivity contribution in [3.05, 3.63) is 82.7 Å². The van der Waals surface area contributed by atoms with Crippen LogP contribution in [0.25, 0.3) is 11.8 Å². The molecule has 1 aliphatic heterocycles. The van der Waals surface area contributed by atoms with Gasteiger partial charge >= 0.3 is 0 Å². The molecule has 0 fully saturated rings. The molecule has 0 saturated heterocycles. The van der Waals surface area contributed by atoms with Crippen molar-refractivity contribution in [2.45, 2.75) is 26.7 Å². The summed E-state index contributed by atoms with van der Waals surface area (Å²) in [7, 11) is 0. The molecule has 1 amide bonds. The molecular formula is C26H25N3O3. The van der Waals surface area contributed by atoms with Gasteiger partial charge in [-0.25, -0.2) is 0 Å². The number of aromatic nitrogens is 1. The van der Waals surface area contributed by atoms with Gasteiger partial charge in [0.2, 0.25) is 6.79 Å². The van der Waals surface area contributed by atoms with Crippen LogP contribution in [-0.4, -0.2) is 23.8 Å². The zero-order valence-electron chi connectivity index (χ0n) is 18.2. The highest BCUT2D eigenvalue weighted by Crippen LogP contribution is 2.35. The van der Waals surface area contributed by atoms with Crippen molar-refractivity contribution >= 4 is 12.0 Å². The Kier molecular flexibility index (Phi) is 6.27. The van der Waals surface area contributed by atoms with Crippen LogP contribution in [0.2, 0.25) is 0 Å². The van der Waals surface area contributed by atoms with Gasteiger partial charge in [0, 0.05) is 29.7 Å². The zero-order valence-corrected chi connectivity index (χ0v) is 18.2. The molecule has 6 nitrogen and oxygen atoms in total. The summed E-state index contributed by atoms with van der Waals surface area (Å²) in [6.07, 6.45) is 3.34. The number of amides is 1. The third-order valence-corrected chi connectivity index (χ3v) is 5.52. The van der Waals surface area contributed by atoms with E-state index < -0.39 is 0 Å². The van der Waals surface area contributed by atoms with Crippen LogP contribution >= 0.6 is 0 Å². The van der Waals surface area contributed by atoms with Crippen LogP contribution in [0.3, 0.4) is 0 Å². The minimum absolute atomic E-state index is 0.0932. The predicted octanol–water partition coefficient (Wildman–Crippen LogP) is 4.48. The van der Waals surface area contributed by atoms with Crippen LogP contribution in [-0.2, 0) is 11.2 Å². The molecule has 4 rings (SSSR count). The fourth-order valence-electron chi connectivity index (χ4n) is 3.89. The van der Waals surface area contributed by atoms with Gasteiger partial charge in [-0.1, -0.05) is 30.3 Å². The molecule has 1 N–H and O–H groups in total. The van der Waals surface area contributed by atoms with Crippen LogP contribution < -0.4 is 14.8 Å². The summed E-state index contributed by atoms with van der Waals surface area (Å²) in [5.41, 5.74) is 5.02. The molecule has 1 aromatic heterocycles. The van der Waals surface area contributed by atoms with Crippen LogP contribution in [0.4, 0.5) is 0 Å². The van der Waals surface area contributed by atoms with Gasteiger partial charge in [0.1, 0.15) is 11.6 Å². The summed E-state index contributed by atoms with van der Waals surface area (Å²) in [5, 5.41) is 12.4. The molecule has 2 heterocycles. The van der Waals surface area contributed by atoms with Crippen molar-refractivity contribution in [1.82, 2.24) is 9.88 Å². The normalized spacial score (nSPS) is 12.5. The molecule has 6 heteroatoms. The van der Waals surface area contributed by atoms with Crippen molar-refractivity contribution < 1.29 is 14.3 Å². The van der Waals surface area contributed by atoms with Crippen LogP contribution in [0, 0.1) is 25.2 Å². The Bertz CT molecular complexity index is 1200. The molecule has 0 unspecified atom stereocenters. The highest BCUT2D eigenvalue weighted by molar-refractivity contribution is 6.01. The van der Waals surface area contributed by atoms with E-state index in [4.69, 9.17) is 9.47 Å². The Balaban J connectivity index is 1.46. The number of rotatable bonds is 7. The van der Waals surface area contributed by atoms with Gasteiger partial charge in [0.25, 0.3) is 5.91 Å². The van der Waals surface area contributed by atoms with Crippen molar-refractivity contribution in [3.63, 3.8) is 0 Å².